The van der Waals surface area contributed by atoms with Gasteiger partial charge in [-0.1, -0.05) is 11.6 Å². The molecule has 0 aliphatic carbocycles. The average molecular weight is 301 g/mol. The van der Waals surface area contributed by atoms with E-state index in [1.807, 2.05) is 0 Å². The minimum Gasteiger partial charge on any atom is -0.480 e. The molecule has 1 aromatic carbocycles. The summed E-state index contributed by atoms with van der Waals surface area (Å²) in [5.74, 6) is -4.91. The highest BCUT2D eigenvalue weighted by Gasteiger charge is 2.27. The minimum atomic E-state index is -4.74. The molecule has 1 rings (SSSR count). The van der Waals surface area contributed by atoms with E-state index in [2.05, 4.69) is 0 Å². The van der Waals surface area contributed by atoms with Crippen LogP contribution >= 0.6 is 11.6 Å². The van der Waals surface area contributed by atoms with Crippen molar-refractivity contribution in [1.29, 1.82) is 0 Å². The summed E-state index contributed by atoms with van der Waals surface area (Å²) in [6, 6.07) is 2.66. The Hall–Kier alpha value is -1.41. The van der Waals surface area contributed by atoms with Crippen LogP contribution in [0.1, 0.15) is 0 Å². The molecule has 0 amide bonds. The fraction of sp³-hybridized carbons (Fsp3) is 0.222. The fourth-order valence-electron chi connectivity index (χ4n) is 1.02. The zero-order chi connectivity index (χ0) is 13.9. The second-order valence-corrected chi connectivity index (χ2v) is 5.41. The molecule has 0 atom stereocenters. The van der Waals surface area contributed by atoms with E-state index in [1.54, 1.807) is 0 Å². The molecule has 0 aliphatic rings. The highest BCUT2D eigenvalue weighted by Crippen LogP contribution is 2.29. The fourth-order valence-corrected chi connectivity index (χ4v) is 2.06. The van der Waals surface area contributed by atoms with Crippen LogP contribution in [0.25, 0.3) is 0 Å². The first kappa shape index (κ1) is 14.7. The monoisotopic (exact) mass is 300 g/mol. The van der Waals surface area contributed by atoms with Gasteiger partial charge in [0.25, 0.3) is 0 Å². The zero-order valence-corrected chi connectivity index (χ0v) is 10.2. The third-order valence-electron chi connectivity index (χ3n) is 1.82. The lowest BCUT2D eigenvalue weighted by Crippen LogP contribution is -2.12. The Labute approximate surface area is 106 Å². The van der Waals surface area contributed by atoms with Gasteiger partial charge in [-0.05, 0) is 18.2 Å². The molecule has 0 heterocycles. The summed E-state index contributed by atoms with van der Waals surface area (Å²) in [5, 5.41) is 8.09. The van der Waals surface area contributed by atoms with Gasteiger partial charge >= 0.3 is 11.7 Å². The van der Waals surface area contributed by atoms with Crippen LogP contribution in [0.5, 0.6) is 5.75 Å². The molecule has 18 heavy (non-hydrogen) atoms. The number of rotatable bonds is 5. The van der Waals surface area contributed by atoms with Gasteiger partial charge < -0.3 is 9.84 Å². The maximum absolute atomic E-state index is 12.2. The molecule has 0 spiro atoms. The predicted octanol–water partition coefficient (Wildman–Crippen LogP) is 1.80. The predicted molar refractivity (Wildman–Crippen MR) is 57.8 cm³/mol. The van der Waals surface area contributed by atoms with Gasteiger partial charge in [0.1, 0.15) is 5.75 Å². The van der Waals surface area contributed by atoms with Crippen LogP contribution in [0.3, 0.4) is 0 Å². The Bertz CT molecular complexity index is 558. The van der Waals surface area contributed by atoms with Crippen LogP contribution in [-0.4, -0.2) is 31.9 Å². The van der Waals surface area contributed by atoms with E-state index < -0.39 is 33.1 Å². The first-order valence-electron chi connectivity index (χ1n) is 4.41. The van der Waals surface area contributed by atoms with Crippen molar-refractivity contribution in [2.24, 2.45) is 0 Å². The number of sulfone groups is 1. The van der Waals surface area contributed by atoms with E-state index in [9.17, 15) is 22.0 Å². The Morgan fingerprint density at radius 3 is 2.50 bits per heavy atom. The number of carboxylic acids is 1. The largest absolute Gasteiger partial charge is 0.480 e. The molecule has 9 heteroatoms. The lowest BCUT2D eigenvalue weighted by atomic mass is 10.3. The van der Waals surface area contributed by atoms with Crippen molar-refractivity contribution in [2.75, 3.05) is 6.61 Å². The highest BCUT2D eigenvalue weighted by atomic mass is 35.5. The molecule has 1 N–H and O–H groups in total. The molecule has 0 radical (unpaired) electrons. The maximum Gasteiger partial charge on any atom is 0.341 e. The highest BCUT2D eigenvalue weighted by molar-refractivity contribution is 7.91. The van der Waals surface area contributed by atoms with Crippen molar-refractivity contribution < 1.29 is 31.8 Å². The van der Waals surface area contributed by atoms with Crippen molar-refractivity contribution in [3.8, 4) is 5.75 Å². The number of ether oxygens (including phenoxy) is 1. The van der Waals surface area contributed by atoms with Gasteiger partial charge in [0, 0.05) is 0 Å². The normalized spacial score (nSPS) is 11.6. The second kappa shape index (κ2) is 5.49. The van der Waals surface area contributed by atoms with Gasteiger partial charge in [-0.2, -0.15) is 8.78 Å². The summed E-state index contributed by atoms with van der Waals surface area (Å²) in [6.07, 6.45) is 0. The first-order valence-corrected chi connectivity index (χ1v) is 6.33. The summed E-state index contributed by atoms with van der Waals surface area (Å²) in [5.41, 5.74) is 0. The number of hydrogen-bond donors (Lipinski definition) is 1. The maximum atomic E-state index is 12.2. The van der Waals surface area contributed by atoms with Gasteiger partial charge in [0.15, 0.2) is 6.61 Å². The SMILES string of the molecule is O=C(O)COc1ccc(S(=O)(=O)C(F)F)cc1Cl. The number of carbonyl (C=O) groups is 1. The molecular weight excluding hydrogens is 294 g/mol. The third kappa shape index (κ3) is 3.30. The minimum absolute atomic E-state index is 0.104. The van der Waals surface area contributed by atoms with Crippen LogP contribution in [0.4, 0.5) is 8.78 Å². The molecule has 0 fully saturated rings. The summed E-state index contributed by atoms with van der Waals surface area (Å²) in [7, 11) is -4.74. The van der Waals surface area contributed by atoms with E-state index in [0.29, 0.717) is 0 Å². The van der Waals surface area contributed by atoms with Gasteiger partial charge in [0.05, 0.1) is 9.92 Å². The zero-order valence-electron chi connectivity index (χ0n) is 8.64. The molecule has 1 aromatic rings. The van der Waals surface area contributed by atoms with Crippen molar-refractivity contribution in [1.82, 2.24) is 0 Å². The summed E-state index contributed by atoms with van der Waals surface area (Å²) in [4.78, 5) is 9.57. The number of carboxylic acid groups (broad SMARTS) is 1. The van der Waals surface area contributed by atoms with Crippen LogP contribution in [0, 0.1) is 0 Å². The van der Waals surface area contributed by atoms with Crippen molar-refractivity contribution in [2.45, 2.75) is 10.7 Å². The summed E-state index contributed by atoms with van der Waals surface area (Å²) >= 11 is 5.60. The Kier molecular flexibility index (Phi) is 4.47. The smallest absolute Gasteiger partial charge is 0.341 e. The molecule has 0 aromatic heterocycles. The van der Waals surface area contributed by atoms with E-state index in [0.717, 1.165) is 18.2 Å². The third-order valence-corrected chi connectivity index (χ3v) is 3.49. The second-order valence-electron chi connectivity index (χ2n) is 3.08. The molecule has 0 saturated heterocycles. The van der Waals surface area contributed by atoms with Crippen LogP contribution in [0.2, 0.25) is 5.02 Å². The number of aliphatic carboxylic acids is 1. The molecule has 0 unspecified atom stereocenters. The number of benzene rings is 1. The van der Waals surface area contributed by atoms with Gasteiger partial charge in [-0.3, -0.25) is 0 Å². The lowest BCUT2D eigenvalue weighted by Gasteiger charge is -2.08. The van der Waals surface area contributed by atoms with Crippen LogP contribution in [0.15, 0.2) is 23.1 Å². The number of halogens is 3. The van der Waals surface area contributed by atoms with Crippen molar-refractivity contribution in [3.05, 3.63) is 23.2 Å². The first-order chi connectivity index (χ1) is 8.25. The topological polar surface area (TPSA) is 80.7 Å². The van der Waals surface area contributed by atoms with E-state index in [4.69, 9.17) is 21.4 Å². The van der Waals surface area contributed by atoms with Gasteiger partial charge in [-0.25, -0.2) is 13.2 Å². The summed E-state index contributed by atoms with van der Waals surface area (Å²) < 4.78 is 51.4. The van der Waals surface area contributed by atoms with Gasteiger partial charge in [0.2, 0.25) is 9.84 Å². The molecule has 0 aliphatic heterocycles. The Balaban J connectivity index is 3.03. The van der Waals surface area contributed by atoms with Crippen LogP contribution < -0.4 is 4.74 Å². The standard InChI is InChI=1S/C9H7ClF2O5S/c10-6-3-5(18(15,16)9(11)12)1-2-7(6)17-4-8(13)14/h1-3,9H,4H2,(H,13,14). The quantitative estimate of drug-likeness (QED) is 0.897. The lowest BCUT2D eigenvalue weighted by molar-refractivity contribution is -0.139. The number of hydrogen-bond acceptors (Lipinski definition) is 4. The van der Waals surface area contributed by atoms with Gasteiger partial charge in [-0.15, -0.1) is 0 Å². The number of alkyl halides is 2. The Morgan fingerprint density at radius 1 is 1.44 bits per heavy atom. The van der Waals surface area contributed by atoms with Crippen molar-refractivity contribution in [3.63, 3.8) is 0 Å². The molecule has 100 valence electrons. The molecule has 5 nitrogen and oxygen atoms in total. The van der Waals surface area contributed by atoms with E-state index >= 15 is 0 Å². The molecule has 0 saturated carbocycles. The molecular formula is C9H7ClF2O5S. The van der Waals surface area contributed by atoms with Crippen LogP contribution in [-0.2, 0) is 14.6 Å². The Morgan fingerprint density at radius 2 is 2.06 bits per heavy atom. The molecule has 0 bridgehead atoms. The summed E-state index contributed by atoms with van der Waals surface area (Å²) in [6.45, 7) is -0.680. The van der Waals surface area contributed by atoms with Crippen molar-refractivity contribution >= 4 is 27.4 Å². The van der Waals surface area contributed by atoms with E-state index in [-0.39, 0.29) is 10.8 Å². The average Bonchev–Trinajstić information content (AvgIpc) is 2.26. The van der Waals surface area contributed by atoms with E-state index in [1.165, 1.54) is 0 Å².